The van der Waals surface area contributed by atoms with Crippen LogP contribution in [-0.4, -0.2) is 25.8 Å². The van der Waals surface area contributed by atoms with Crippen molar-refractivity contribution < 1.29 is 0 Å². The molecule has 1 aliphatic rings. The van der Waals surface area contributed by atoms with Gasteiger partial charge in [0.25, 0.3) is 0 Å². The maximum Gasteiger partial charge on any atom is 0.0335 e. The van der Waals surface area contributed by atoms with E-state index in [4.69, 9.17) is 0 Å². The fourth-order valence-electron chi connectivity index (χ4n) is 1.26. The molecule has 0 aromatic carbocycles. The molecule has 1 aliphatic heterocycles. The van der Waals surface area contributed by atoms with E-state index in [1.165, 1.54) is 18.6 Å². The van der Waals surface area contributed by atoms with Crippen LogP contribution < -0.4 is 5.32 Å². The van der Waals surface area contributed by atoms with Gasteiger partial charge in [0.2, 0.25) is 0 Å². The predicted octanol–water partition coefficient (Wildman–Crippen LogP) is 1.08. The molecule has 0 aromatic heterocycles. The summed E-state index contributed by atoms with van der Waals surface area (Å²) in [4.78, 5) is 4.20. The average molecular weight is 140 g/mol. The Labute approximate surface area is 62.7 Å². The zero-order valence-electron chi connectivity index (χ0n) is 6.85. The van der Waals surface area contributed by atoms with Gasteiger partial charge in [0, 0.05) is 19.3 Å². The zero-order chi connectivity index (χ0) is 7.40. The van der Waals surface area contributed by atoms with E-state index in [9.17, 15) is 0 Å². The van der Waals surface area contributed by atoms with Crippen molar-refractivity contribution in [1.82, 2.24) is 5.32 Å². The summed E-state index contributed by atoms with van der Waals surface area (Å²) in [6.07, 6.45) is 2.48. The lowest BCUT2D eigenvalue weighted by molar-refractivity contribution is 0.527. The van der Waals surface area contributed by atoms with E-state index < -0.39 is 0 Å². The minimum absolute atomic E-state index is 0.819. The van der Waals surface area contributed by atoms with Crippen molar-refractivity contribution in [3.8, 4) is 0 Å². The third-order valence-corrected chi connectivity index (χ3v) is 2.06. The Bertz CT molecular complexity index is 129. The standard InChI is InChI=1S/C8H16N2/c1-7-3-4-8(9-2)6-10-5-7/h7,10H,3-6H2,1-2H3/t7-/m1/s1. The molecule has 58 valence electrons. The van der Waals surface area contributed by atoms with E-state index in [2.05, 4.69) is 17.2 Å². The lowest BCUT2D eigenvalue weighted by Gasteiger charge is -2.03. The van der Waals surface area contributed by atoms with Crippen molar-refractivity contribution in [2.45, 2.75) is 19.8 Å². The third kappa shape index (κ3) is 2.10. The molecule has 1 rings (SSSR count). The zero-order valence-corrected chi connectivity index (χ0v) is 6.85. The molecule has 0 amide bonds. The van der Waals surface area contributed by atoms with Crippen LogP contribution in [0.2, 0.25) is 0 Å². The molecule has 2 heteroatoms. The van der Waals surface area contributed by atoms with Crippen molar-refractivity contribution in [3.63, 3.8) is 0 Å². The van der Waals surface area contributed by atoms with Crippen LogP contribution in [0, 0.1) is 5.92 Å². The number of aliphatic imine (C=N–C) groups is 1. The number of nitrogens with zero attached hydrogens (tertiary/aromatic N) is 1. The van der Waals surface area contributed by atoms with Gasteiger partial charge >= 0.3 is 0 Å². The monoisotopic (exact) mass is 140 g/mol. The molecule has 0 radical (unpaired) electrons. The normalized spacial score (nSPS) is 32.2. The van der Waals surface area contributed by atoms with Gasteiger partial charge in [-0.2, -0.15) is 0 Å². The number of rotatable bonds is 0. The van der Waals surface area contributed by atoms with Crippen molar-refractivity contribution in [2.75, 3.05) is 20.1 Å². The summed E-state index contributed by atoms with van der Waals surface area (Å²) in [7, 11) is 1.88. The fourth-order valence-corrected chi connectivity index (χ4v) is 1.26. The Morgan fingerprint density at radius 3 is 3.10 bits per heavy atom. The summed E-state index contributed by atoms with van der Waals surface area (Å²) in [6.45, 7) is 4.44. The first-order chi connectivity index (χ1) is 4.83. The van der Waals surface area contributed by atoms with Crippen LogP contribution in [0.1, 0.15) is 19.8 Å². The van der Waals surface area contributed by atoms with Crippen LogP contribution in [-0.2, 0) is 0 Å². The molecule has 1 N–H and O–H groups in total. The quantitative estimate of drug-likeness (QED) is 0.535. The van der Waals surface area contributed by atoms with Crippen LogP contribution in [0.3, 0.4) is 0 Å². The molecule has 0 unspecified atom stereocenters. The van der Waals surface area contributed by atoms with Gasteiger partial charge in [0.05, 0.1) is 0 Å². The summed E-state index contributed by atoms with van der Waals surface area (Å²) in [5, 5.41) is 3.37. The van der Waals surface area contributed by atoms with Gasteiger partial charge in [-0.25, -0.2) is 0 Å². The van der Waals surface area contributed by atoms with E-state index in [0.29, 0.717) is 0 Å². The summed E-state index contributed by atoms with van der Waals surface area (Å²) in [6, 6.07) is 0. The van der Waals surface area contributed by atoms with E-state index in [0.717, 1.165) is 19.0 Å². The second-order valence-corrected chi connectivity index (χ2v) is 3.06. The van der Waals surface area contributed by atoms with Crippen molar-refractivity contribution >= 4 is 5.71 Å². The smallest absolute Gasteiger partial charge is 0.0335 e. The third-order valence-electron chi connectivity index (χ3n) is 2.06. The molecule has 10 heavy (non-hydrogen) atoms. The molecule has 1 atom stereocenters. The maximum absolute atomic E-state index is 4.20. The lowest BCUT2D eigenvalue weighted by Crippen LogP contribution is -2.22. The molecule has 1 fully saturated rings. The number of hydrogen-bond acceptors (Lipinski definition) is 2. The maximum atomic E-state index is 4.20. The largest absolute Gasteiger partial charge is 0.311 e. The molecule has 0 spiro atoms. The van der Waals surface area contributed by atoms with Crippen LogP contribution in [0.15, 0.2) is 4.99 Å². The Kier molecular flexibility index (Phi) is 2.87. The van der Waals surface area contributed by atoms with Gasteiger partial charge in [-0.15, -0.1) is 0 Å². The van der Waals surface area contributed by atoms with Crippen LogP contribution in [0.4, 0.5) is 0 Å². The molecule has 0 bridgehead atoms. The highest BCUT2D eigenvalue weighted by Gasteiger charge is 2.09. The molecule has 0 saturated carbocycles. The molecular weight excluding hydrogens is 124 g/mol. The molecule has 0 aliphatic carbocycles. The average Bonchev–Trinajstić information content (AvgIpc) is 2.14. The summed E-state index contributed by atoms with van der Waals surface area (Å²) in [5.41, 5.74) is 1.32. The van der Waals surface area contributed by atoms with E-state index >= 15 is 0 Å². The fraction of sp³-hybridized carbons (Fsp3) is 0.875. The molecule has 1 heterocycles. The first-order valence-corrected chi connectivity index (χ1v) is 3.98. The van der Waals surface area contributed by atoms with E-state index in [1.807, 2.05) is 7.05 Å². The second kappa shape index (κ2) is 3.71. The van der Waals surface area contributed by atoms with Gasteiger partial charge in [-0.1, -0.05) is 6.92 Å². The Morgan fingerprint density at radius 1 is 1.60 bits per heavy atom. The van der Waals surface area contributed by atoms with Gasteiger partial charge in [0.15, 0.2) is 0 Å². The predicted molar refractivity (Wildman–Crippen MR) is 44.6 cm³/mol. The summed E-state index contributed by atoms with van der Waals surface area (Å²) in [5.74, 6) is 0.819. The highest BCUT2D eigenvalue weighted by molar-refractivity contribution is 5.86. The SMILES string of the molecule is CN=C1CC[C@@H](C)CNC1. The Hall–Kier alpha value is -0.370. The Morgan fingerprint density at radius 2 is 2.40 bits per heavy atom. The topological polar surface area (TPSA) is 24.4 Å². The summed E-state index contributed by atoms with van der Waals surface area (Å²) >= 11 is 0. The van der Waals surface area contributed by atoms with E-state index in [-0.39, 0.29) is 0 Å². The highest BCUT2D eigenvalue weighted by atomic mass is 14.9. The van der Waals surface area contributed by atoms with Crippen LogP contribution in [0.25, 0.3) is 0 Å². The summed E-state index contributed by atoms with van der Waals surface area (Å²) < 4.78 is 0. The minimum Gasteiger partial charge on any atom is -0.311 e. The first-order valence-electron chi connectivity index (χ1n) is 3.98. The molecule has 2 nitrogen and oxygen atoms in total. The van der Waals surface area contributed by atoms with Crippen LogP contribution >= 0.6 is 0 Å². The first kappa shape index (κ1) is 7.73. The van der Waals surface area contributed by atoms with E-state index in [1.54, 1.807) is 0 Å². The van der Waals surface area contributed by atoms with Crippen molar-refractivity contribution in [2.24, 2.45) is 10.9 Å². The van der Waals surface area contributed by atoms with Crippen molar-refractivity contribution in [1.29, 1.82) is 0 Å². The highest BCUT2D eigenvalue weighted by Crippen LogP contribution is 2.07. The molecular formula is C8H16N2. The Balaban J connectivity index is 2.41. The minimum atomic E-state index is 0.819. The van der Waals surface area contributed by atoms with Gasteiger partial charge < -0.3 is 5.32 Å². The molecule has 0 aromatic rings. The second-order valence-electron chi connectivity index (χ2n) is 3.06. The number of hydrogen-bond donors (Lipinski definition) is 1. The molecule has 1 saturated heterocycles. The van der Waals surface area contributed by atoms with Crippen molar-refractivity contribution in [3.05, 3.63) is 0 Å². The van der Waals surface area contributed by atoms with Gasteiger partial charge in [0.1, 0.15) is 0 Å². The lowest BCUT2D eigenvalue weighted by atomic mass is 10.1. The number of nitrogens with one attached hydrogen (secondary N) is 1. The van der Waals surface area contributed by atoms with Gasteiger partial charge in [-0.05, 0) is 25.3 Å². The van der Waals surface area contributed by atoms with Gasteiger partial charge in [-0.3, -0.25) is 4.99 Å². The van der Waals surface area contributed by atoms with Crippen LogP contribution in [0.5, 0.6) is 0 Å².